The minimum Gasteiger partial charge on any atom is -0.316 e. The van der Waals surface area contributed by atoms with Crippen LogP contribution < -0.4 is 9.80 Å². The normalized spacial score (nSPS) is 12.3. The summed E-state index contributed by atoms with van der Waals surface area (Å²) in [5.41, 5.74) is 17.4. The van der Waals surface area contributed by atoms with E-state index in [-0.39, 0.29) is 0 Å². The number of hydrogen-bond donors (Lipinski definition) is 0. The summed E-state index contributed by atoms with van der Waals surface area (Å²) in [6.45, 7) is 0. The van der Waals surface area contributed by atoms with E-state index in [0.29, 0.717) is 0 Å². The summed E-state index contributed by atoms with van der Waals surface area (Å²) in [6.07, 6.45) is 2.23. The molecule has 0 fully saturated rings. The summed E-state index contributed by atoms with van der Waals surface area (Å²) in [5.74, 6) is 0. The number of nitrogens with zero attached hydrogens (tertiary/aromatic N) is 4. The van der Waals surface area contributed by atoms with Gasteiger partial charge >= 0.3 is 0 Å². The zero-order valence-corrected chi connectivity index (χ0v) is 32.7. The van der Waals surface area contributed by atoms with Gasteiger partial charge in [0.1, 0.15) is 0 Å². The largest absolute Gasteiger partial charge is 0.316 e. The smallest absolute Gasteiger partial charge is 0.0703 e. The first kappa shape index (κ1) is 34.0. The molecule has 0 saturated heterocycles. The van der Waals surface area contributed by atoms with E-state index in [4.69, 9.17) is 0 Å². The zero-order chi connectivity index (χ0) is 39.6. The van der Waals surface area contributed by atoms with Crippen molar-refractivity contribution in [1.82, 2.24) is 9.13 Å². The van der Waals surface area contributed by atoms with Crippen LogP contribution >= 0.6 is 0 Å². The van der Waals surface area contributed by atoms with Crippen LogP contribution in [-0.2, 0) is 0 Å². The average Bonchev–Trinajstić information content (AvgIpc) is 3.91. The molecule has 3 heterocycles. The van der Waals surface area contributed by atoms with Crippen LogP contribution in [-0.4, -0.2) is 9.13 Å². The monoisotopic (exact) mass is 766 g/mol. The number of benzene rings is 9. The number of para-hydroxylation sites is 6. The Morgan fingerprint density at radius 1 is 0.267 bits per heavy atom. The topological polar surface area (TPSA) is 16.3 Å². The Bertz CT molecular complexity index is 3260. The van der Waals surface area contributed by atoms with E-state index in [1.807, 2.05) is 0 Å². The Morgan fingerprint density at radius 3 is 1.33 bits per heavy atom. The van der Waals surface area contributed by atoms with Crippen molar-refractivity contribution in [3.05, 3.63) is 231 Å². The number of fused-ring (bicyclic) bond motifs is 7. The first-order chi connectivity index (χ1) is 29.8. The lowest BCUT2D eigenvalue weighted by Gasteiger charge is -2.40. The fraction of sp³-hybridized carbons (Fsp3) is 0. The van der Waals surface area contributed by atoms with Crippen molar-refractivity contribution in [3.63, 3.8) is 0 Å². The van der Waals surface area contributed by atoms with Gasteiger partial charge in [-0.15, -0.1) is 0 Å². The summed E-state index contributed by atoms with van der Waals surface area (Å²) in [5, 5.41) is 3.69. The van der Waals surface area contributed by atoms with Crippen LogP contribution in [0.15, 0.2) is 231 Å². The highest BCUT2D eigenvalue weighted by Crippen LogP contribution is 2.54. The number of hydrogen-bond acceptors (Lipinski definition) is 2. The van der Waals surface area contributed by atoms with Gasteiger partial charge in [-0.3, -0.25) is 0 Å². The first-order valence-corrected chi connectivity index (χ1v) is 20.5. The molecule has 0 aliphatic carbocycles. The van der Waals surface area contributed by atoms with Crippen LogP contribution in [0.5, 0.6) is 0 Å². The molecule has 0 unspecified atom stereocenters. The Hall–Kier alpha value is -8.08. The standard InChI is InChI=1S/C56H38N4/c1-4-16-39(17-5-1)41-36-42(40-18-6-2-7-19-40)38-46(37-41)57-35-34-49-50(57)33-32-48-47-22-10-11-23-51(47)60(56(48)49)45-30-28-44(29-31-45)59-54-26-14-12-24-52(54)58(43-20-8-3-9-21-43)53-25-13-15-27-55(53)59/h1-38H. The van der Waals surface area contributed by atoms with E-state index in [1.165, 1.54) is 49.4 Å². The Balaban J connectivity index is 1.01. The summed E-state index contributed by atoms with van der Waals surface area (Å²) in [4.78, 5) is 4.76. The molecular weight excluding hydrogens is 729 g/mol. The highest BCUT2D eigenvalue weighted by Gasteiger charge is 2.30. The molecule has 0 radical (unpaired) electrons. The fourth-order valence-electron chi connectivity index (χ4n) is 9.34. The molecule has 9 aromatic carbocycles. The lowest BCUT2D eigenvalue weighted by atomic mass is 9.98. The molecule has 0 atom stereocenters. The van der Waals surface area contributed by atoms with Crippen molar-refractivity contribution in [3.8, 4) is 33.6 Å². The number of anilines is 6. The van der Waals surface area contributed by atoms with Crippen molar-refractivity contribution >= 4 is 66.8 Å². The Morgan fingerprint density at radius 2 is 0.750 bits per heavy atom. The van der Waals surface area contributed by atoms with E-state index in [1.54, 1.807) is 0 Å². The molecule has 4 nitrogen and oxygen atoms in total. The average molecular weight is 767 g/mol. The van der Waals surface area contributed by atoms with Crippen molar-refractivity contribution in [2.24, 2.45) is 0 Å². The molecule has 0 spiro atoms. The molecular formula is C56H38N4. The second-order valence-corrected chi connectivity index (χ2v) is 15.4. The third-order valence-corrected chi connectivity index (χ3v) is 12.0. The van der Waals surface area contributed by atoms with Crippen molar-refractivity contribution in [2.45, 2.75) is 0 Å². The van der Waals surface area contributed by atoms with Crippen LogP contribution in [0.4, 0.5) is 34.1 Å². The van der Waals surface area contributed by atoms with E-state index in [2.05, 4.69) is 250 Å². The summed E-state index contributed by atoms with van der Waals surface area (Å²) < 4.78 is 4.80. The maximum absolute atomic E-state index is 2.45. The summed E-state index contributed by atoms with van der Waals surface area (Å²) in [7, 11) is 0. The van der Waals surface area contributed by atoms with Crippen LogP contribution in [0.1, 0.15) is 0 Å². The number of aromatic nitrogens is 2. The van der Waals surface area contributed by atoms with E-state index in [0.717, 1.165) is 51.0 Å². The molecule has 0 bridgehead atoms. The molecule has 2 aromatic heterocycles. The van der Waals surface area contributed by atoms with Gasteiger partial charge in [-0.1, -0.05) is 127 Å². The Kier molecular flexibility index (Phi) is 7.82. The minimum absolute atomic E-state index is 1.11. The van der Waals surface area contributed by atoms with Gasteiger partial charge in [0, 0.05) is 45.1 Å². The third kappa shape index (κ3) is 5.39. The van der Waals surface area contributed by atoms with Gasteiger partial charge in [0.2, 0.25) is 0 Å². The second kappa shape index (κ2) is 13.8. The zero-order valence-electron chi connectivity index (χ0n) is 32.7. The Labute approximate surface area is 348 Å². The van der Waals surface area contributed by atoms with E-state index in [9.17, 15) is 0 Å². The van der Waals surface area contributed by atoms with Gasteiger partial charge in [0.15, 0.2) is 0 Å². The van der Waals surface area contributed by atoms with Crippen molar-refractivity contribution in [1.29, 1.82) is 0 Å². The second-order valence-electron chi connectivity index (χ2n) is 15.4. The fourth-order valence-corrected chi connectivity index (χ4v) is 9.34. The van der Waals surface area contributed by atoms with Crippen LogP contribution in [0.3, 0.4) is 0 Å². The van der Waals surface area contributed by atoms with Gasteiger partial charge < -0.3 is 18.9 Å². The van der Waals surface area contributed by atoms with Gasteiger partial charge in [-0.05, 0) is 119 Å². The van der Waals surface area contributed by atoms with Crippen LogP contribution in [0.2, 0.25) is 0 Å². The van der Waals surface area contributed by atoms with E-state index < -0.39 is 0 Å². The molecule has 282 valence electrons. The van der Waals surface area contributed by atoms with Gasteiger partial charge in [0.05, 0.1) is 39.3 Å². The molecule has 0 saturated carbocycles. The number of rotatable bonds is 6. The van der Waals surface area contributed by atoms with Gasteiger partial charge in [-0.25, -0.2) is 0 Å². The SMILES string of the molecule is c1ccc(-c2cc(-c3ccccc3)cc(-n3ccc4c3ccc3c5ccccc5n(-c5ccc(N6c7ccccc7N(c7ccccc7)c7ccccc76)cc5)c34)c2)cc1. The first-order valence-electron chi connectivity index (χ1n) is 20.5. The highest BCUT2D eigenvalue weighted by atomic mass is 15.3. The van der Waals surface area contributed by atoms with Gasteiger partial charge in [0.25, 0.3) is 0 Å². The predicted molar refractivity (Wildman–Crippen MR) is 251 cm³/mol. The van der Waals surface area contributed by atoms with Gasteiger partial charge in [-0.2, -0.15) is 0 Å². The molecule has 60 heavy (non-hydrogen) atoms. The summed E-state index contributed by atoms with van der Waals surface area (Å²) >= 11 is 0. The molecule has 12 rings (SSSR count). The lowest BCUT2D eigenvalue weighted by Crippen LogP contribution is -2.23. The summed E-state index contributed by atoms with van der Waals surface area (Å²) in [6, 6.07) is 81.1. The molecule has 1 aliphatic rings. The maximum Gasteiger partial charge on any atom is 0.0703 e. The van der Waals surface area contributed by atoms with E-state index >= 15 is 0 Å². The lowest BCUT2D eigenvalue weighted by molar-refractivity contribution is 1.13. The quantitative estimate of drug-likeness (QED) is 0.168. The molecule has 0 N–H and O–H groups in total. The predicted octanol–water partition coefficient (Wildman–Crippen LogP) is 15.3. The molecule has 4 heteroatoms. The van der Waals surface area contributed by atoms with Crippen LogP contribution in [0, 0.1) is 0 Å². The minimum atomic E-state index is 1.11. The van der Waals surface area contributed by atoms with Crippen molar-refractivity contribution in [2.75, 3.05) is 9.80 Å². The maximum atomic E-state index is 2.45. The van der Waals surface area contributed by atoms with Crippen molar-refractivity contribution < 1.29 is 0 Å². The van der Waals surface area contributed by atoms with Crippen LogP contribution in [0.25, 0.3) is 66.3 Å². The molecule has 11 aromatic rings. The highest BCUT2D eigenvalue weighted by molar-refractivity contribution is 6.18. The third-order valence-electron chi connectivity index (χ3n) is 12.0. The molecule has 0 amide bonds. The molecule has 1 aliphatic heterocycles.